The van der Waals surface area contributed by atoms with Crippen molar-refractivity contribution in [2.75, 3.05) is 6.61 Å². The highest BCUT2D eigenvalue weighted by Crippen LogP contribution is 2.48. The van der Waals surface area contributed by atoms with Gasteiger partial charge in [0.15, 0.2) is 6.61 Å². The van der Waals surface area contributed by atoms with Crippen LogP contribution in [0.1, 0.15) is 17.5 Å². The maximum atomic E-state index is 12.4. The second-order valence-corrected chi connectivity index (χ2v) is 7.41. The average Bonchev–Trinajstić information content (AvgIpc) is 3.23. The number of carboxylic acid groups (broad SMARTS) is 1. The average molecular weight is 393 g/mol. The molecular formula is C19H21ClN2O5. The number of carbonyl (C=O) groups is 3. The highest BCUT2D eigenvalue weighted by Gasteiger charge is 2.51. The van der Waals surface area contributed by atoms with Gasteiger partial charge in [-0.15, -0.1) is 0 Å². The molecule has 2 amide bonds. The Morgan fingerprint density at radius 2 is 1.70 bits per heavy atom. The molecule has 0 radical (unpaired) electrons. The van der Waals surface area contributed by atoms with Crippen molar-refractivity contribution in [3.05, 3.63) is 40.4 Å². The first kappa shape index (κ1) is 19.2. The number of carboxylic acids is 1. The van der Waals surface area contributed by atoms with Crippen LogP contribution in [-0.4, -0.2) is 29.5 Å². The van der Waals surface area contributed by atoms with E-state index < -0.39 is 29.6 Å². The smallest absolute Gasteiger partial charge is 0.307 e. The summed E-state index contributed by atoms with van der Waals surface area (Å²) < 4.78 is 5.42. The highest BCUT2D eigenvalue weighted by molar-refractivity contribution is 6.32. The van der Waals surface area contributed by atoms with Gasteiger partial charge in [-0.2, -0.15) is 0 Å². The number of aliphatic carboxylic acids is 1. The maximum absolute atomic E-state index is 12.4. The summed E-state index contributed by atoms with van der Waals surface area (Å²) in [5.74, 6) is -3.20. The van der Waals surface area contributed by atoms with Crippen molar-refractivity contribution in [3.63, 3.8) is 0 Å². The number of halogens is 1. The molecule has 27 heavy (non-hydrogen) atoms. The number of hydrazine groups is 1. The number of nitrogens with one attached hydrogen (secondary N) is 2. The van der Waals surface area contributed by atoms with E-state index in [0.717, 1.165) is 11.1 Å². The summed E-state index contributed by atoms with van der Waals surface area (Å²) in [7, 11) is 0. The molecule has 0 spiro atoms. The van der Waals surface area contributed by atoms with E-state index >= 15 is 0 Å². The molecule has 0 aromatic heterocycles. The number of rotatable bonds is 5. The second-order valence-electron chi connectivity index (χ2n) is 7.04. The lowest BCUT2D eigenvalue weighted by molar-refractivity contribution is -0.148. The number of hydrogen-bond donors (Lipinski definition) is 3. The first-order valence-corrected chi connectivity index (χ1v) is 9.05. The minimum Gasteiger partial charge on any atom is -0.484 e. The van der Waals surface area contributed by atoms with Crippen molar-refractivity contribution in [2.45, 2.75) is 20.3 Å². The molecule has 1 fully saturated rings. The summed E-state index contributed by atoms with van der Waals surface area (Å²) in [6.45, 7) is 3.38. The molecule has 0 heterocycles. The third-order valence-electron chi connectivity index (χ3n) is 5.15. The Morgan fingerprint density at radius 1 is 1.11 bits per heavy atom. The molecule has 8 heteroatoms. The number of allylic oxidation sites excluding steroid dienone is 2. The predicted molar refractivity (Wildman–Crippen MR) is 98.1 cm³/mol. The summed E-state index contributed by atoms with van der Waals surface area (Å²) in [4.78, 5) is 35.8. The van der Waals surface area contributed by atoms with Crippen LogP contribution in [0.4, 0.5) is 0 Å². The minimum atomic E-state index is -0.991. The summed E-state index contributed by atoms with van der Waals surface area (Å²) in [5.41, 5.74) is 6.28. The fourth-order valence-electron chi connectivity index (χ4n) is 3.91. The molecule has 0 aliphatic heterocycles. The fourth-order valence-corrected chi connectivity index (χ4v) is 4.01. The van der Waals surface area contributed by atoms with Crippen molar-refractivity contribution < 1.29 is 24.2 Å². The third kappa shape index (κ3) is 3.93. The lowest BCUT2D eigenvalue weighted by Gasteiger charge is -2.23. The van der Waals surface area contributed by atoms with Gasteiger partial charge in [0.2, 0.25) is 5.91 Å². The number of amides is 2. The van der Waals surface area contributed by atoms with Gasteiger partial charge in [0.05, 0.1) is 11.8 Å². The number of benzene rings is 1. The quantitative estimate of drug-likeness (QED) is 0.525. The lowest BCUT2D eigenvalue weighted by Crippen LogP contribution is -2.49. The van der Waals surface area contributed by atoms with E-state index in [1.165, 1.54) is 0 Å². The highest BCUT2D eigenvalue weighted by atomic mass is 35.5. The summed E-state index contributed by atoms with van der Waals surface area (Å²) in [5, 5.41) is 10.0. The van der Waals surface area contributed by atoms with Gasteiger partial charge in [0.25, 0.3) is 5.91 Å². The summed E-state index contributed by atoms with van der Waals surface area (Å²) >= 11 is 6.09. The van der Waals surface area contributed by atoms with Crippen LogP contribution in [0.25, 0.3) is 0 Å². The van der Waals surface area contributed by atoms with E-state index in [1.807, 2.05) is 26.0 Å². The van der Waals surface area contributed by atoms with Crippen LogP contribution in [-0.2, 0) is 14.4 Å². The van der Waals surface area contributed by atoms with Gasteiger partial charge in [0, 0.05) is 5.02 Å². The van der Waals surface area contributed by atoms with Crippen molar-refractivity contribution >= 4 is 29.4 Å². The number of hydrogen-bond acceptors (Lipinski definition) is 4. The fraction of sp³-hybridized carbons (Fsp3) is 0.421. The Bertz CT molecular complexity index is 799. The van der Waals surface area contributed by atoms with E-state index in [-0.39, 0.29) is 18.4 Å². The SMILES string of the molecule is Cc1cc(OCC(=O)NNC(=O)[C@H]2[C@H](C(=O)O)[C@H]3C=C[C@H]2C3)cc(C)c1Cl. The molecular weight excluding hydrogens is 372 g/mol. The third-order valence-corrected chi connectivity index (χ3v) is 5.75. The number of ether oxygens (including phenoxy) is 1. The molecule has 0 unspecified atom stereocenters. The van der Waals surface area contributed by atoms with E-state index in [0.29, 0.717) is 17.2 Å². The zero-order valence-corrected chi connectivity index (χ0v) is 15.7. The topological polar surface area (TPSA) is 105 Å². The van der Waals surface area contributed by atoms with Crippen LogP contribution in [0.3, 0.4) is 0 Å². The van der Waals surface area contributed by atoms with Crippen LogP contribution < -0.4 is 15.6 Å². The Labute approximate surface area is 161 Å². The first-order chi connectivity index (χ1) is 12.8. The Balaban J connectivity index is 1.51. The second kappa shape index (κ2) is 7.60. The van der Waals surface area contributed by atoms with Crippen LogP contribution in [0.2, 0.25) is 5.02 Å². The Kier molecular flexibility index (Phi) is 5.41. The van der Waals surface area contributed by atoms with Gasteiger partial charge in [-0.25, -0.2) is 0 Å². The molecule has 3 N–H and O–H groups in total. The van der Waals surface area contributed by atoms with Crippen LogP contribution >= 0.6 is 11.6 Å². The minimum absolute atomic E-state index is 0.107. The van der Waals surface area contributed by atoms with Crippen molar-refractivity contribution in [1.29, 1.82) is 0 Å². The molecule has 0 saturated heterocycles. The number of fused-ring (bicyclic) bond motifs is 2. The van der Waals surface area contributed by atoms with Gasteiger partial charge in [-0.3, -0.25) is 25.2 Å². The molecule has 3 rings (SSSR count). The molecule has 1 aromatic carbocycles. The number of aryl methyl sites for hydroxylation is 2. The molecule has 2 bridgehead atoms. The van der Waals surface area contributed by atoms with Crippen molar-refractivity contribution in [1.82, 2.24) is 10.9 Å². The Hall–Kier alpha value is -2.54. The van der Waals surface area contributed by atoms with E-state index in [9.17, 15) is 19.5 Å². The molecule has 2 aliphatic rings. The van der Waals surface area contributed by atoms with Crippen LogP contribution in [0.15, 0.2) is 24.3 Å². The van der Waals surface area contributed by atoms with E-state index in [2.05, 4.69) is 10.9 Å². The molecule has 144 valence electrons. The van der Waals surface area contributed by atoms with Crippen LogP contribution in [0, 0.1) is 37.5 Å². The lowest BCUT2D eigenvalue weighted by atomic mass is 9.82. The van der Waals surface area contributed by atoms with Gasteiger partial charge >= 0.3 is 5.97 Å². The molecule has 1 aromatic rings. The molecule has 4 atom stereocenters. The number of carbonyl (C=O) groups excluding carboxylic acids is 2. The standard InChI is InChI=1S/C19H21ClN2O5/c1-9-5-13(6-10(2)17(9)20)27-8-14(23)21-22-18(24)15-11-3-4-12(7-11)16(15)19(25)26/h3-6,11-12,15-16H,7-8H2,1-2H3,(H,21,23)(H,22,24)(H,25,26)/t11-,12-,15+,16+/m0/s1. The largest absolute Gasteiger partial charge is 0.484 e. The van der Waals surface area contributed by atoms with Gasteiger partial charge in [-0.05, 0) is 55.4 Å². The summed E-state index contributed by atoms with van der Waals surface area (Å²) in [6, 6.07) is 3.44. The van der Waals surface area contributed by atoms with E-state index in [4.69, 9.17) is 16.3 Å². The van der Waals surface area contributed by atoms with Crippen molar-refractivity contribution in [3.8, 4) is 5.75 Å². The van der Waals surface area contributed by atoms with Gasteiger partial charge in [0.1, 0.15) is 5.75 Å². The first-order valence-electron chi connectivity index (χ1n) is 8.67. The molecule has 1 saturated carbocycles. The van der Waals surface area contributed by atoms with Crippen LogP contribution in [0.5, 0.6) is 5.75 Å². The monoisotopic (exact) mass is 392 g/mol. The summed E-state index contributed by atoms with van der Waals surface area (Å²) in [6.07, 6.45) is 4.39. The molecule has 2 aliphatic carbocycles. The van der Waals surface area contributed by atoms with Crippen molar-refractivity contribution in [2.24, 2.45) is 23.7 Å². The van der Waals surface area contributed by atoms with E-state index in [1.54, 1.807) is 12.1 Å². The van der Waals surface area contributed by atoms with Gasteiger partial charge < -0.3 is 9.84 Å². The molecule has 7 nitrogen and oxygen atoms in total. The van der Waals surface area contributed by atoms with Gasteiger partial charge in [-0.1, -0.05) is 23.8 Å². The predicted octanol–water partition coefficient (Wildman–Crippen LogP) is 2.01. The maximum Gasteiger partial charge on any atom is 0.307 e. The Morgan fingerprint density at radius 3 is 2.30 bits per heavy atom. The zero-order valence-electron chi connectivity index (χ0n) is 15.0. The zero-order chi connectivity index (χ0) is 19.7. The normalized spacial score (nSPS) is 25.3.